The molecule has 3 atom stereocenters. The average Bonchev–Trinajstić information content (AvgIpc) is 3.17. The number of benzene rings is 1. The lowest BCUT2D eigenvalue weighted by Crippen LogP contribution is -2.41. The van der Waals surface area contributed by atoms with E-state index < -0.39 is 66.6 Å². The van der Waals surface area contributed by atoms with Gasteiger partial charge in [-0.2, -0.15) is 13.2 Å². The number of carboxylic acid groups (broad SMARTS) is 1. The zero-order valence-corrected chi connectivity index (χ0v) is 13.6. The van der Waals surface area contributed by atoms with Gasteiger partial charge in [-0.05, 0) is 24.5 Å². The molecular formula is C16H14F6N2O3. The maximum absolute atomic E-state index is 14.0. The lowest BCUT2D eigenvalue weighted by Gasteiger charge is -2.22. The molecule has 2 aliphatic rings. The van der Waals surface area contributed by atoms with Gasteiger partial charge in [0, 0.05) is 18.7 Å². The van der Waals surface area contributed by atoms with Crippen LogP contribution in [0.1, 0.15) is 23.6 Å². The summed E-state index contributed by atoms with van der Waals surface area (Å²) in [7, 11) is 0. The van der Waals surface area contributed by atoms with Gasteiger partial charge in [0.15, 0.2) is 17.5 Å². The largest absolute Gasteiger partial charge is 0.481 e. The molecule has 0 saturated carbocycles. The first kappa shape index (κ1) is 19.3. The second-order valence-corrected chi connectivity index (χ2v) is 6.60. The molecule has 11 heteroatoms. The van der Waals surface area contributed by atoms with Gasteiger partial charge in [0.25, 0.3) is 0 Å². The van der Waals surface area contributed by atoms with Crippen LogP contribution in [-0.4, -0.2) is 41.3 Å². The Morgan fingerprint density at radius 1 is 1.15 bits per heavy atom. The molecule has 3 rings (SSSR count). The van der Waals surface area contributed by atoms with Gasteiger partial charge < -0.3 is 15.3 Å². The van der Waals surface area contributed by atoms with E-state index in [1.165, 1.54) is 0 Å². The third-order valence-electron chi connectivity index (χ3n) is 4.98. The Hall–Kier alpha value is -2.46. The molecule has 1 heterocycles. The van der Waals surface area contributed by atoms with Gasteiger partial charge in [-0.3, -0.25) is 4.79 Å². The highest BCUT2D eigenvalue weighted by molar-refractivity contribution is 5.78. The number of fused-ring (bicyclic) bond motifs is 1. The standard InChI is InChI=1S/C16H14F6N2O3/c17-9-3-6-1-2-10(11(6)13(19)12(9)18)23-15(27)24-4-7(14(25)26)8(5-24)16(20,21)22/h3,7-8,10H,1-2,4-5H2,(H,23,27)(H,25,26)/t7-,8-,10?/m1/s1. The molecule has 1 aliphatic heterocycles. The van der Waals surface area contributed by atoms with Crippen molar-refractivity contribution in [3.8, 4) is 0 Å². The minimum absolute atomic E-state index is 0.111. The number of amides is 2. The molecule has 2 amide bonds. The number of carboxylic acids is 1. The molecule has 2 N–H and O–H groups in total. The van der Waals surface area contributed by atoms with Crippen LogP contribution in [0.3, 0.4) is 0 Å². The van der Waals surface area contributed by atoms with Crippen molar-refractivity contribution in [3.05, 3.63) is 34.6 Å². The number of aliphatic carboxylic acids is 1. The molecule has 27 heavy (non-hydrogen) atoms. The highest BCUT2D eigenvalue weighted by Gasteiger charge is 2.53. The van der Waals surface area contributed by atoms with Crippen molar-refractivity contribution in [1.29, 1.82) is 0 Å². The van der Waals surface area contributed by atoms with Gasteiger partial charge in [-0.15, -0.1) is 0 Å². The Morgan fingerprint density at radius 3 is 2.37 bits per heavy atom. The Bertz CT molecular complexity index is 797. The summed E-state index contributed by atoms with van der Waals surface area (Å²) < 4.78 is 79.7. The summed E-state index contributed by atoms with van der Waals surface area (Å²) >= 11 is 0. The SMILES string of the molecule is O=C(O)[C@@H]1CN(C(=O)NC2CCc3cc(F)c(F)c(F)c32)C[C@H]1C(F)(F)F. The van der Waals surface area contributed by atoms with Gasteiger partial charge in [0.1, 0.15) is 0 Å². The van der Waals surface area contributed by atoms with Crippen molar-refractivity contribution in [1.82, 2.24) is 10.2 Å². The maximum Gasteiger partial charge on any atom is 0.394 e. The first-order valence-corrected chi connectivity index (χ1v) is 8.02. The highest BCUT2D eigenvalue weighted by atomic mass is 19.4. The zero-order chi connectivity index (χ0) is 20.1. The molecule has 0 bridgehead atoms. The van der Waals surface area contributed by atoms with E-state index >= 15 is 0 Å². The fraction of sp³-hybridized carbons (Fsp3) is 0.500. The summed E-state index contributed by atoms with van der Waals surface area (Å²) in [6.07, 6.45) is -4.54. The second-order valence-electron chi connectivity index (χ2n) is 6.60. The maximum atomic E-state index is 14.0. The number of hydrogen-bond donors (Lipinski definition) is 2. The van der Waals surface area contributed by atoms with Crippen LogP contribution in [0, 0.1) is 29.3 Å². The van der Waals surface area contributed by atoms with Crippen molar-refractivity contribution < 1.29 is 41.0 Å². The third kappa shape index (κ3) is 3.42. The zero-order valence-electron chi connectivity index (χ0n) is 13.6. The van der Waals surface area contributed by atoms with E-state index in [1.807, 2.05) is 0 Å². The number of likely N-dealkylation sites (tertiary alicyclic amines) is 1. The Labute approximate surface area is 148 Å². The van der Waals surface area contributed by atoms with Gasteiger partial charge >= 0.3 is 18.2 Å². The molecule has 1 unspecified atom stereocenters. The smallest absolute Gasteiger partial charge is 0.394 e. The van der Waals surface area contributed by atoms with Crippen LogP contribution in [0.15, 0.2) is 6.07 Å². The van der Waals surface area contributed by atoms with Gasteiger partial charge in [-0.1, -0.05) is 0 Å². The number of carbonyl (C=O) groups excluding carboxylic acids is 1. The molecule has 0 spiro atoms. The monoisotopic (exact) mass is 396 g/mol. The number of halogens is 6. The van der Waals surface area contributed by atoms with Gasteiger partial charge in [0.2, 0.25) is 0 Å². The molecule has 0 radical (unpaired) electrons. The third-order valence-corrected chi connectivity index (χ3v) is 4.98. The Kier molecular flexibility index (Phi) is 4.73. The van der Waals surface area contributed by atoms with E-state index in [9.17, 15) is 35.9 Å². The van der Waals surface area contributed by atoms with Gasteiger partial charge in [0.05, 0.1) is 17.9 Å². The van der Waals surface area contributed by atoms with E-state index in [0.717, 1.165) is 6.07 Å². The fourth-order valence-corrected chi connectivity index (χ4v) is 3.62. The molecule has 0 aromatic heterocycles. The van der Waals surface area contributed by atoms with Crippen LogP contribution >= 0.6 is 0 Å². The number of rotatable bonds is 2. The summed E-state index contributed by atoms with van der Waals surface area (Å²) in [6, 6.07) is -1.25. The number of urea groups is 1. The van der Waals surface area contributed by atoms with Gasteiger partial charge in [-0.25, -0.2) is 18.0 Å². The van der Waals surface area contributed by atoms with Crippen LogP contribution in [0.5, 0.6) is 0 Å². The number of alkyl halides is 3. The number of nitrogens with zero attached hydrogens (tertiary/aromatic N) is 1. The van der Waals surface area contributed by atoms with Crippen LogP contribution in [-0.2, 0) is 11.2 Å². The van der Waals surface area contributed by atoms with Crippen molar-refractivity contribution in [3.63, 3.8) is 0 Å². The molecule has 1 aromatic rings. The van der Waals surface area contributed by atoms with Crippen molar-refractivity contribution in [2.45, 2.75) is 25.1 Å². The van der Waals surface area contributed by atoms with Crippen molar-refractivity contribution in [2.24, 2.45) is 11.8 Å². The number of carbonyl (C=O) groups is 2. The summed E-state index contributed by atoms with van der Waals surface area (Å²) in [5, 5.41) is 11.3. The van der Waals surface area contributed by atoms with E-state index in [1.54, 1.807) is 0 Å². The highest BCUT2D eigenvalue weighted by Crippen LogP contribution is 2.39. The first-order chi connectivity index (χ1) is 12.5. The molecule has 1 fully saturated rings. The predicted octanol–water partition coefficient (Wildman–Crippen LogP) is 3.00. The number of hydrogen-bond acceptors (Lipinski definition) is 2. The molecule has 1 saturated heterocycles. The topological polar surface area (TPSA) is 69.6 Å². The number of aryl methyl sites for hydroxylation is 1. The van der Waals surface area contributed by atoms with Crippen LogP contribution in [0.4, 0.5) is 31.1 Å². The summed E-state index contributed by atoms with van der Waals surface area (Å²) in [6.45, 7) is -1.52. The lowest BCUT2D eigenvalue weighted by atomic mass is 9.96. The Morgan fingerprint density at radius 2 is 1.81 bits per heavy atom. The normalized spacial score (nSPS) is 24.8. The predicted molar refractivity (Wildman–Crippen MR) is 78.2 cm³/mol. The first-order valence-electron chi connectivity index (χ1n) is 8.02. The van der Waals surface area contributed by atoms with E-state index in [0.29, 0.717) is 4.90 Å². The molecule has 1 aromatic carbocycles. The number of nitrogens with one attached hydrogen (secondary N) is 1. The second kappa shape index (κ2) is 6.61. The van der Waals surface area contributed by atoms with Crippen molar-refractivity contribution >= 4 is 12.0 Å². The van der Waals surface area contributed by atoms with Crippen LogP contribution < -0.4 is 5.32 Å². The summed E-state index contributed by atoms with van der Waals surface area (Å²) in [4.78, 5) is 24.0. The van der Waals surface area contributed by atoms with Crippen LogP contribution in [0.2, 0.25) is 0 Å². The molecule has 1 aliphatic carbocycles. The molecule has 148 valence electrons. The summed E-state index contributed by atoms with van der Waals surface area (Å²) in [5.74, 6) is -10.2. The van der Waals surface area contributed by atoms with E-state index in [2.05, 4.69) is 5.32 Å². The Balaban J connectivity index is 1.77. The average molecular weight is 396 g/mol. The quantitative estimate of drug-likeness (QED) is 0.597. The van der Waals surface area contributed by atoms with E-state index in [-0.39, 0.29) is 24.0 Å². The minimum atomic E-state index is -4.80. The molecular weight excluding hydrogens is 382 g/mol. The minimum Gasteiger partial charge on any atom is -0.481 e. The van der Waals surface area contributed by atoms with E-state index in [4.69, 9.17) is 5.11 Å². The molecule has 5 nitrogen and oxygen atoms in total. The van der Waals surface area contributed by atoms with Crippen molar-refractivity contribution in [2.75, 3.05) is 13.1 Å². The van der Waals surface area contributed by atoms with Crippen LogP contribution in [0.25, 0.3) is 0 Å². The lowest BCUT2D eigenvalue weighted by molar-refractivity contribution is -0.187. The fourth-order valence-electron chi connectivity index (χ4n) is 3.62. The summed E-state index contributed by atoms with van der Waals surface area (Å²) in [5.41, 5.74) is -0.0849.